The molecular formula is C21H30N2O2. The summed E-state index contributed by atoms with van der Waals surface area (Å²) in [5, 5.41) is 6.52. The minimum absolute atomic E-state index is 0.239. The van der Waals surface area contributed by atoms with E-state index in [1.807, 2.05) is 12.1 Å². The first-order valence-corrected chi connectivity index (χ1v) is 9.99. The van der Waals surface area contributed by atoms with Crippen LogP contribution in [0.4, 0.5) is 0 Å². The molecule has 0 bridgehead atoms. The van der Waals surface area contributed by atoms with Crippen LogP contribution in [-0.4, -0.2) is 25.1 Å². The zero-order chi connectivity index (χ0) is 17.1. The van der Waals surface area contributed by atoms with E-state index in [-0.39, 0.29) is 11.8 Å². The van der Waals surface area contributed by atoms with Crippen molar-refractivity contribution in [3.63, 3.8) is 0 Å². The number of carbonyl (C=O) groups is 1. The van der Waals surface area contributed by atoms with E-state index in [1.54, 1.807) is 0 Å². The minimum atomic E-state index is 0.239. The molecule has 1 spiro atoms. The first-order valence-electron chi connectivity index (χ1n) is 9.99. The minimum Gasteiger partial charge on any atom is -0.490 e. The third-order valence-electron chi connectivity index (χ3n) is 6.35. The number of rotatable bonds is 5. The number of ether oxygens (including phenoxy) is 1. The Kier molecular flexibility index (Phi) is 4.98. The smallest absolute Gasteiger partial charge is 0.223 e. The van der Waals surface area contributed by atoms with Gasteiger partial charge in [0.2, 0.25) is 5.91 Å². The van der Waals surface area contributed by atoms with E-state index in [9.17, 15) is 4.79 Å². The van der Waals surface area contributed by atoms with Crippen LogP contribution in [0.3, 0.4) is 0 Å². The van der Waals surface area contributed by atoms with Gasteiger partial charge in [0.05, 0.1) is 6.10 Å². The lowest BCUT2D eigenvalue weighted by molar-refractivity contribution is -0.123. The Morgan fingerprint density at radius 3 is 2.56 bits per heavy atom. The molecule has 1 unspecified atom stereocenters. The predicted octanol–water partition coefficient (Wildman–Crippen LogP) is 3.40. The number of nitrogens with one attached hydrogen (secondary N) is 2. The second-order valence-electron chi connectivity index (χ2n) is 8.11. The quantitative estimate of drug-likeness (QED) is 0.862. The van der Waals surface area contributed by atoms with Crippen molar-refractivity contribution < 1.29 is 9.53 Å². The fourth-order valence-electron chi connectivity index (χ4n) is 4.57. The topological polar surface area (TPSA) is 50.4 Å². The Labute approximate surface area is 150 Å². The highest BCUT2D eigenvalue weighted by molar-refractivity contribution is 5.82. The summed E-state index contributed by atoms with van der Waals surface area (Å²) in [7, 11) is 0. The van der Waals surface area contributed by atoms with Gasteiger partial charge < -0.3 is 15.4 Å². The van der Waals surface area contributed by atoms with Crippen molar-refractivity contribution in [1.82, 2.24) is 10.6 Å². The Balaban J connectivity index is 1.23. The van der Waals surface area contributed by atoms with Crippen molar-refractivity contribution in [2.24, 2.45) is 11.3 Å². The van der Waals surface area contributed by atoms with Gasteiger partial charge in [-0.25, -0.2) is 0 Å². The molecule has 0 radical (unpaired) electrons. The van der Waals surface area contributed by atoms with Crippen LogP contribution in [0.2, 0.25) is 0 Å². The molecule has 1 aliphatic heterocycles. The summed E-state index contributed by atoms with van der Waals surface area (Å²) in [6, 6.07) is 8.24. The van der Waals surface area contributed by atoms with E-state index in [0.717, 1.165) is 43.7 Å². The van der Waals surface area contributed by atoms with Gasteiger partial charge in [-0.15, -0.1) is 0 Å². The number of hydrogen-bond donors (Lipinski definition) is 2. The lowest BCUT2D eigenvalue weighted by Crippen LogP contribution is -2.33. The maximum atomic E-state index is 12.4. The van der Waals surface area contributed by atoms with Crippen molar-refractivity contribution in [3.8, 4) is 5.75 Å². The van der Waals surface area contributed by atoms with Gasteiger partial charge in [0.15, 0.2) is 0 Å². The summed E-state index contributed by atoms with van der Waals surface area (Å²) in [6.07, 6.45) is 10.0. The van der Waals surface area contributed by atoms with Gasteiger partial charge in [0.25, 0.3) is 0 Å². The number of hydrogen-bond acceptors (Lipinski definition) is 3. The molecule has 2 aliphatic carbocycles. The van der Waals surface area contributed by atoms with Crippen molar-refractivity contribution >= 4 is 5.91 Å². The summed E-state index contributed by atoms with van der Waals surface area (Å²) < 4.78 is 6.07. The Hall–Kier alpha value is -1.55. The second kappa shape index (κ2) is 7.36. The molecular weight excluding hydrogens is 312 g/mol. The molecule has 4 rings (SSSR count). The average Bonchev–Trinajstić information content (AvgIpc) is 3.35. The molecule has 136 valence electrons. The van der Waals surface area contributed by atoms with Gasteiger partial charge >= 0.3 is 0 Å². The average molecular weight is 342 g/mol. The fraction of sp³-hybridized carbons (Fsp3) is 0.667. The molecule has 1 saturated heterocycles. The number of amides is 1. The zero-order valence-electron chi connectivity index (χ0n) is 15.1. The van der Waals surface area contributed by atoms with Crippen LogP contribution in [0.5, 0.6) is 5.75 Å². The lowest BCUT2D eigenvalue weighted by Gasteiger charge is -2.23. The van der Waals surface area contributed by atoms with Crippen LogP contribution < -0.4 is 15.4 Å². The third-order valence-corrected chi connectivity index (χ3v) is 6.35. The standard InChI is InChI=1S/C21H30N2O2/c24-20(19-14-21(19)10-12-22-13-11-21)23-15-16-6-8-18(9-7-16)25-17-4-2-1-3-5-17/h6-9,17,19,22H,1-5,10-15H2,(H,23,24). The Morgan fingerprint density at radius 2 is 1.84 bits per heavy atom. The van der Waals surface area contributed by atoms with Crippen molar-refractivity contribution in [1.29, 1.82) is 0 Å². The Morgan fingerprint density at radius 1 is 1.12 bits per heavy atom. The van der Waals surface area contributed by atoms with Crippen molar-refractivity contribution in [2.45, 2.75) is 64.0 Å². The number of benzene rings is 1. The molecule has 3 aliphatic rings. The van der Waals surface area contributed by atoms with Crippen molar-refractivity contribution in [2.75, 3.05) is 13.1 Å². The molecule has 4 nitrogen and oxygen atoms in total. The molecule has 1 aromatic rings. The maximum Gasteiger partial charge on any atom is 0.223 e. The summed E-state index contributed by atoms with van der Waals surface area (Å²) >= 11 is 0. The van der Waals surface area contributed by atoms with E-state index in [2.05, 4.69) is 22.8 Å². The normalized spacial score (nSPS) is 25.5. The van der Waals surface area contributed by atoms with E-state index in [1.165, 1.54) is 32.1 Å². The van der Waals surface area contributed by atoms with Crippen molar-refractivity contribution in [3.05, 3.63) is 29.8 Å². The monoisotopic (exact) mass is 342 g/mol. The third kappa shape index (κ3) is 4.00. The van der Waals surface area contributed by atoms with E-state index < -0.39 is 0 Å². The van der Waals surface area contributed by atoms with Crippen LogP contribution in [0.1, 0.15) is 56.9 Å². The van der Waals surface area contributed by atoms with Gasteiger partial charge in [-0.3, -0.25) is 4.79 Å². The van der Waals surface area contributed by atoms with Gasteiger partial charge in [-0.1, -0.05) is 18.6 Å². The maximum absolute atomic E-state index is 12.4. The summed E-state index contributed by atoms with van der Waals surface area (Å²) in [5.74, 6) is 1.44. The summed E-state index contributed by atoms with van der Waals surface area (Å²) in [5.41, 5.74) is 1.46. The summed E-state index contributed by atoms with van der Waals surface area (Å²) in [4.78, 5) is 12.4. The van der Waals surface area contributed by atoms with Gasteiger partial charge in [-0.2, -0.15) is 0 Å². The number of carbonyl (C=O) groups excluding carboxylic acids is 1. The molecule has 2 saturated carbocycles. The van der Waals surface area contributed by atoms with Gasteiger partial charge in [-0.05, 0) is 81.1 Å². The van der Waals surface area contributed by atoms with Crippen LogP contribution in [0.15, 0.2) is 24.3 Å². The first kappa shape index (κ1) is 16.9. The molecule has 1 atom stereocenters. The highest BCUT2D eigenvalue weighted by Gasteiger charge is 2.57. The van der Waals surface area contributed by atoms with Crippen LogP contribution in [0.25, 0.3) is 0 Å². The molecule has 1 aromatic carbocycles. The molecule has 25 heavy (non-hydrogen) atoms. The number of piperidine rings is 1. The van der Waals surface area contributed by atoms with Gasteiger partial charge in [0.1, 0.15) is 5.75 Å². The predicted molar refractivity (Wildman–Crippen MR) is 98.4 cm³/mol. The molecule has 4 heteroatoms. The SMILES string of the molecule is O=C(NCc1ccc(OC2CCCCC2)cc1)C1CC12CCNCC2. The van der Waals surface area contributed by atoms with E-state index in [4.69, 9.17) is 4.74 Å². The first-order chi connectivity index (χ1) is 12.3. The van der Waals surface area contributed by atoms with Crippen LogP contribution in [-0.2, 0) is 11.3 Å². The molecule has 3 fully saturated rings. The Bertz CT molecular complexity index is 586. The zero-order valence-corrected chi connectivity index (χ0v) is 15.1. The van der Waals surface area contributed by atoms with Crippen LogP contribution in [0, 0.1) is 11.3 Å². The summed E-state index contributed by atoms with van der Waals surface area (Å²) in [6.45, 7) is 2.74. The largest absolute Gasteiger partial charge is 0.490 e. The lowest BCUT2D eigenvalue weighted by atomic mass is 9.92. The molecule has 0 aromatic heterocycles. The van der Waals surface area contributed by atoms with Crippen LogP contribution >= 0.6 is 0 Å². The van der Waals surface area contributed by atoms with Gasteiger partial charge in [0, 0.05) is 12.5 Å². The highest BCUT2D eigenvalue weighted by Crippen LogP contribution is 2.58. The van der Waals surface area contributed by atoms with E-state index in [0.29, 0.717) is 18.1 Å². The van der Waals surface area contributed by atoms with E-state index >= 15 is 0 Å². The second-order valence-corrected chi connectivity index (χ2v) is 8.11. The highest BCUT2D eigenvalue weighted by atomic mass is 16.5. The fourth-order valence-corrected chi connectivity index (χ4v) is 4.57. The molecule has 1 heterocycles. The molecule has 2 N–H and O–H groups in total. The molecule has 1 amide bonds.